The molecule has 0 aromatic heterocycles. The quantitative estimate of drug-likeness (QED) is 0.176. The van der Waals surface area contributed by atoms with Crippen molar-refractivity contribution in [2.45, 2.75) is 44.7 Å². The van der Waals surface area contributed by atoms with Gasteiger partial charge >= 0.3 is 0 Å². The molecule has 0 saturated carbocycles. The molecule has 2 atom stereocenters. The van der Waals surface area contributed by atoms with Crippen LogP contribution in [0.3, 0.4) is 0 Å². The lowest BCUT2D eigenvalue weighted by Gasteiger charge is -2.24. The lowest BCUT2D eigenvalue weighted by atomic mass is 9.97. The number of nitrogens with two attached hydrogens (primary N) is 3. The van der Waals surface area contributed by atoms with E-state index < -0.39 is 18.0 Å². The van der Waals surface area contributed by atoms with Crippen molar-refractivity contribution in [3.05, 3.63) is 90.0 Å². The van der Waals surface area contributed by atoms with E-state index in [0.717, 1.165) is 11.3 Å². The van der Waals surface area contributed by atoms with E-state index >= 15 is 0 Å². The van der Waals surface area contributed by atoms with Gasteiger partial charge in [-0.05, 0) is 55.7 Å². The SMILES string of the molecule is CCOc1ccc(Oc2ccccc2CC(=O)[C@H](CCc2ccccc2)NC(=O)[C@@H](N)CC(=O)N(CCN)CCN)cc1. The monoisotopic (exact) mass is 589 g/mol. The molecule has 43 heavy (non-hydrogen) atoms. The fourth-order valence-corrected chi connectivity index (χ4v) is 4.59. The summed E-state index contributed by atoms with van der Waals surface area (Å²) in [7, 11) is 0. The van der Waals surface area contributed by atoms with Crippen LogP contribution in [0, 0.1) is 0 Å². The van der Waals surface area contributed by atoms with E-state index in [1.54, 1.807) is 18.2 Å². The van der Waals surface area contributed by atoms with Crippen LogP contribution in [0.2, 0.25) is 0 Å². The van der Waals surface area contributed by atoms with E-state index in [-0.39, 0.29) is 37.6 Å². The molecule has 0 bridgehead atoms. The van der Waals surface area contributed by atoms with E-state index in [4.69, 9.17) is 26.7 Å². The third-order valence-corrected chi connectivity index (χ3v) is 6.85. The minimum absolute atomic E-state index is 0.0296. The molecule has 10 nitrogen and oxygen atoms in total. The Bertz CT molecular complexity index is 1300. The molecule has 0 saturated heterocycles. The van der Waals surface area contributed by atoms with E-state index in [1.807, 2.05) is 67.6 Å². The van der Waals surface area contributed by atoms with Crippen molar-refractivity contribution < 1.29 is 23.9 Å². The van der Waals surface area contributed by atoms with Gasteiger partial charge in [0.1, 0.15) is 17.2 Å². The van der Waals surface area contributed by atoms with Gasteiger partial charge in [-0.2, -0.15) is 0 Å². The fourth-order valence-electron chi connectivity index (χ4n) is 4.59. The van der Waals surface area contributed by atoms with Crippen LogP contribution in [0.5, 0.6) is 17.2 Å². The van der Waals surface area contributed by atoms with Gasteiger partial charge in [0.05, 0.1) is 25.1 Å². The Morgan fingerprint density at radius 3 is 2.14 bits per heavy atom. The number of hydrogen-bond donors (Lipinski definition) is 4. The second-order valence-electron chi connectivity index (χ2n) is 10.1. The van der Waals surface area contributed by atoms with Crippen molar-refractivity contribution >= 4 is 17.6 Å². The van der Waals surface area contributed by atoms with Crippen LogP contribution >= 0.6 is 0 Å². The van der Waals surface area contributed by atoms with Crippen LogP contribution in [0.25, 0.3) is 0 Å². The third kappa shape index (κ3) is 10.8. The number of ether oxygens (including phenoxy) is 2. The van der Waals surface area contributed by atoms with E-state index in [9.17, 15) is 14.4 Å². The molecule has 0 radical (unpaired) electrons. The number of hydrogen-bond acceptors (Lipinski definition) is 8. The zero-order valence-corrected chi connectivity index (χ0v) is 24.7. The van der Waals surface area contributed by atoms with Crippen molar-refractivity contribution in [2.75, 3.05) is 32.8 Å². The minimum atomic E-state index is -1.13. The van der Waals surface area contributed by atoms with Gasteiger partial charge in [0.25, 0.3) is 0 Å². The summed E-state index contributed by atoms with van der Waals surface area (Å²) in [4.78, 5) is 41.0. The zero-order valence-electron chi connectivity index (χ0n) is 24.7. The lowest BCUT2D eigenvalue weighted by molar-refractivity contribution is -0.134. The molecule has 3 aromatic rings. The normalized spacial score (nSPS) is 12.2. The lowest BCUT2D eigenvalue weighted by Crippen LogP contribution is -2.51. The smallest absolute Gasteiger partial charge is 0.238 e. The predicted molar refractivity (Wildman–Crippen MR) is 167 cm³/mol. The Kier molecular flexibility index (Phi) is 13.6. The van der Waals surface area contributed by atoms with Crippen LogP contribution in [0.4, 0.5) is 0 Å². The Balaban J connectivity index is 1.73. The van der Waals surface area contributed by atoms with Crippen LogP contribution in [0.15, 0.2) is 78.9 Å². The standard InChI is InChI=1S/C33H43N5O5/c1-2-42-26-13-15-27(16-14-26)43-31-11-7-6-10-25(31)22-30(39)29(17-12-24-8-4-3-5-9-24)37-33(41)28(36)23-32(40)38(20-18-34)21-19-35/h3-11,13-16,28-29H,2,12,17-23,34-36H2,1H3,(H,37,41)/t28-,29-/m0/s1. The van der Waals surface area contributed by atoms with E-state index in [1.165, 1.54) is 4.90 Å². The van der Waals surface area contributed by atoms with Crippen LogP contribution in [0.1, 0.15) is 30.9 Å². The molecule has 230 valence electrons. The first-order valence-electron chi connectivity index (χ1n) is 14.6. The Hall–Kier alpha value is -4.25. The molecule has 0 aliphatic heterocycles. The van der Waals surface area contributed by atoms with Crippen molar-refractivity contribution in [1.82, 2.24) is 10.2 Å². The van der Waals surface area contributed by atoms with Gasteiger partial charge in [-0.1, -0.05) is 48.5 Å². The summed E-state index contributed by atoms with van der Waals surface area (Å²) in [5.74, 6) is 0.798. The van der Waals surface area contributed by atoms with Crippen molar-refractivity contribution in [3.8, 4) is 17.2 Å². The summed E-state index contributed by atoms with van der Waals surface area (Å²) in [6, 6.07) is 22.3. The average Bonchev–Trinajstić information content (AvgIpc) is 3.01. The topological polar surface area (TPSA) is 163 Å². The average molecular weight is 590 g/mol. The summed E-state index contributed by atoms with van der Waals surface area (Å²) < 4.78 is 11.6. The molecule has 3 rings (SSSR count). The molecule has 7 N–H and O–H groups in total. The number of ketones is 1. The number of amides is 2. The number of aryl methyl sites for hydroxylation is 1. The summed E-state index contributed by atoms with van der Waals surface area (Å²) in [5, 5.41) is 2.81. The maximum atomic E-state index is 13.7. The molecule has 0 spiro atoms. The highest BCUT2D eigenvalue weighted by atomic mass is 16.5. The van der Waals surface area contributed by atoms with Gasteiger partial charge in [0.2, 0.25) is 11.8 Å². The molecule has 0 aliphatic carbocycles. The zero-order chi connectivity index (χ0) is 31.0. The largest absolute Gasteiger partial charge is 0.494 e. The Morgan fingerprint density at radius 2 is 1.49 bits per heavy atom. The van der Waals surface area contributed by atoms with E-state index in [2.05, 4.69) is 5.32 Å². The van der Waals surface area contributed by atoms with Gasteiger partial charge in [0.15, 0.2) is 5.78 Å². The van der Waals surface area contributed by atoms with Crippen molar-refractivity contribution in [2.24, 2.45) is 17.2 Å². The van der Waals surface area contributed by atoms with Crippen LogP contribution in [-0.4, -0.2) is 67.4 Å². The van der Waals surface area contributed by atoms with Gasteiger partial charge in [-0.25, -0.2) is 0 Å². The molecule has 0 unspecified atom stereocenters. The number of Topliss-reactive ketones (excluding diaryl/α,β-unsaturated/α-hetero) is 1. The van der Waals surface area contributed by atoms with Crippen LogP contribution in [-0.2, 0) is 27.2 Å². The Morgan fingerprint density at radius 1 is 0.860 bits per heavy atom. The second-order valence-corrected chi connectivity index (χ2v) is 10.1. The molecule has 0 heterocycles. The highest BCUT2D eigenvalue weighted by Crippen LogP contribution is 2.28. The third-order valence-electron chi connectivity index (χ3n) is 6.85. The number of benzene rings is 3. The Labute approximate surface area is 253 Å². The number of rotatable bonds is 18. The molecule has 0 aliphatic rings. The highest BCUT2D eigenvalue weighted by molar-refractivity contribution is 5.94. The summed E-state index contributed by atoms with van der Waals surface area (Å²) >= 11 is 0. The van der Waals surface area contributed by atoms with Crippen molar-refractivity contribution in [3.63, 3.8) is 0 Å². The second kappa shape index (κ2) is 17.6. The van der Waals surface area contributed by atoms with Gasteiger partial charge in [0, 0.05) is 38.2 Å². The first-order valence-corrected chi connectivity index (χ1v) is 14.6. The summed E-state index contributed by atoms with van der Waals surface area (Å²) in [6.45, 7) is 3.66. The fraction of sp³-hybridized carbons (Fsp3) is 0.364. The maximum Gasteiger partial charge on any atom is 0.238 e. The first kappa shape index (κ1) is 33.3. The number of carbonyl (C=O) groups excluding carboxylic acids is 3. The molecule has 0 fully saturated rings. The van der Waals surface area contributed by atoms with E-state index in [0.29, 0.717) is 49.6 Å². The molecule has 10 heteroatoms. The number of carbonyl (C=O) groups is 3. The number of nitrogens with one attached hydrogen (secondary N) is 1. The number of para-hydroxylation sites is 1. The molecule has 3 aromatic carbocycles. The predicted octanol–water partition coefficient (Wildman–Crippen LogP) is 2.57. The summed E-state index contributed by atoms with van der Waals surface area (Å²) in [5.41, 5.74) is 19.1. The minimum Gasteiger partial charge on any atom is -0.494 e. The van der Waals surface area contributed by atoms with Gasteiger partial charge in [-0.15, -0.1) is 0 Å². The maximum absolute atomic E-state index is 13.7. The molecule has 2 amide bonds. The summed E-state index contributed by atoms with van der Waals surface area (Å²) in [6.07, 6.45) is 0.743. The molecular formula is C33H43N5O5. The highest BCUT2D eigenvalue weighted by Gasteiger charge is 2.27. The number of nitrogens with zero attached hydrogens (tertiary/aromatic N) is 1. The first-order chi connectivity index (χ1) is 20.8. The van der Waals surface area contributed by atoms with Gasteiger partial charge < -0.3 is 36.9 Å². The molecular weight excluding hydrogens is 546 g/mol. The van der Waals surface area contributed by atoms with Crippen LogP contribution < -0.4 is 32.0 Å². The van der Waals surface area contributed by atoms with Gasteiger partial charge in [-0.3, -0.25) is 14.4 Å². The van der Waals surface area contributed by atoms with Crippen molar-refractivity contribution in [1.29, 1.82) is 0 Å².